The van der Waals surface area contributed by atoms with E-state index >= 15 is 0 Å². The second-order valence-corrected chi connectivity index (χ2v) is 4.96. The standard InChI is InChI=1S/C9H15N5S/c10-7-4-8(14-9(11)13-7)12-5-6-2-1-3-15-6/h4,6H,1-3,5H2,(H5,10,11,12,13,14). The summed E-state index contributed by atoms with van der Waals surface area (Å²) in [6.07, 6.45) is 2.58. The zero-order valence-corrected chi connectivity index (χ0v) is 9.26. The first-order valence-electron chi connectivity index (χ1n) is 4.99. The quantitative estimate of drug-likeness (QED) is 0.709. The van der Waals surface area contributed by atoms with Crippen molar-refractivity contribution in [2.24, 2.45) is 0 Å². The minimum absolute atomic E-state index is 0.219. The van der Waals surface area contributed by atoms with Gasteiger partial charge in [0.25, 0.3) is 0 Å². The maximum Gasteiger partial charge on any atom is 0.223 e. The average Bonchev–Trinajstić information content (AvgIpc) is 2.65. The van der Waals surface area contributed by atoms with Crippen LogP contribution in [-0.4, -0.2) is 27.5 Å². The number of rotatable bonds is 3. The van der Waals surface area contributed by atoms with E-state index in [-0.39, 0.29) is 5.95 Å². The molecule has 1 aromatic heterocycles. The van der Waals surface area contributed by atoms with Gasteiger partial charge >= 0.3 is 0 Å². The van der Waals surface area contributed by atoms with Crippen molar-refractivity contribution < 1.29 is 0 Å². The van der Waals surface area contributed by atoms with Gasteiger partial charge in [0.05, 0.1) is 0 Å². The second-order valence-electron chi connectivity index (χ2n) is 3.55. The Hall–Kier alpha value is -1.17. The molecule has 0 aliphatic carbocycles. The van der Waals surface area contributed by atoms with Crippen LogP contribution in [0.1, 0.15) is 12.8 Å². The van der Waals surface area contributed by atoms with Crippen molar-refractivity contribution in [3.05, 3.63) is 6.07 Å². The Bertz CT molecular complexity index is 317. The molecule has 6 heteroatoms. The molecule has 1 aliphatic heterocycles. The van der Waals surface area contributed by atoms with Gasteiger partial charge < -0.3 is 16.8 Å². The SMILES string of the molecule is Nc1cc(NCC2CCCS2)nc(N)n1. The van der Waals surface area contributed by atoms with Crippen LogP contribution in [0.3, 0.4) is 0 Å². The Kier molecular flexibility index (Phi) is 3.15. The lowest BCUT2D eigenvalue weighted by molar-refractivity contribution is 0.803. The van der Waals surface area contributed by atoms with Crippen LogP contribution < -0.4 is 16.8 Å². The number of nitrogens with two attached hydrogens (primary N) is 2. The third-order valence-electron chi connectivity index (χ3n) is 2.30. The molecule has 1 aliphatic rings. The number of nitrogens with zero attached hydrogens (tertiary/aromatic N) is 2. The molecular formula is C9H15N5S. The molecule has 0 bridgehead atoms. The summed E-state index contributed by atoms with van der Waals surface area (Å²) >= 11 is 2.00. The lowest BCUT2D eigenvalue weighted by atomic mass is 10.2. The molecular weight excluding hydrogens is 210 g/mol. The topological polar surface area (TPSA) is 89.8 Å². The lowest BCUT2D eigenvalue weighted by Gasteiger charge is -2.10. The molecule has 82 valence electrons. The molecule has 1 aromatic rings. The fourth-order valence-electron chi connectivity index (χ4n) is 1.60. The van der Waals surface area contributed by atoms with Gasteiger partial charge in [0.15, 0.2) is 0 Å². The molecule has 1 saturated heterocycles. The van der Waals surface area contributed by atoms with Gasteiger partial charge in [-0.2, -0.15) is 21.7 Å². The van der Waals surface area contributed by atoms with Gasteiger partial charge in [-0.15, -0.1) is 0 Å². The molecule has 1 fully saturated rings. The highest BCUT2D eigenvalue weighted by Crippen LogP contribution is 2.26. The first kappa shape index (κ1) is 10.4. The number of nitrogen functional groups attached to an aromatic ring is 2. The Morgan fingerprint density at radius 1 is 1.47 bits per heavy atom. The van der Waals surface area contributed by atoms with Gasteiger partial charge in [-0.05, 0) is 18.6 Å². The van der Waals surface area contributed by atoms with E-state index in [0.717, 1.165) is 6.54 Å². The van der Waals surface area contributed by atoms with Crippen molar-refractivity contribution in [2.45, 2.75) is 18.1 Å². The van der Waals surface area contributed by atoms with Gasteiger partial charge in [-0.25, -0.2) is 0 Å². The van der Waals surface area contributed by atoms with Gasteiger partial charge in [-0.1, -0.05) is 0 Å². The molecule has 5 nitrogen and oxygen atoms in total. The zero-order chi connectivity index (χ0) is 10.7. The molecule has 2 rings (SSSR count). The first-order valence-corrected chi connectivity index (χ1v) is 6.04. The highest BCUT2D eigenvalue weighted by atomic mass is 32.2. The van der Waals surface area contributed by atoms with Crippen molar-refractivity contribution in [1.29, 1.82) is 0 Å². The molecule has 5 N–H and O–H groups in total. The molecule has 0 radical (unpaired) electrons. The number of thioether (sulfide) groups is 1. The molecule has 2 heterocycles. The maximum absolute atomic E-state index is 5.57. The van der Waals surface area contributed by atoms with Crippen LogP contribution in [0.4, 0.5) is 17.6 Å². The van der Waals surface area contributed by atoms with Crippen molar-refractivity contribution in [2.75, 3.05) is 29.1 Å². The lowest BCUT2D eigenvalue weighted by Crippen LogP contribution is -2.15. The van der Waals surface area contributed by atoms with Gasteiger partial charge in [-0.3, -0.25) is 0 Å². The maximum atomic E-state index is 5.57. The molecule has 0 spiro atoms. The van der Waals surface area contributed by atoms with E-state index < -0.39 is 0 Å². The van der Waals surface area contributed by atoms with E-state index in [0.29, 0.717) is 16.9 Å². The van der Waals surface area contributed by atoms with Crippen LogP contribution in [0, 0.1) is 0 Å². The minimum Gasteiger partial charge on any atom is -0.383 e. The van der Waals surface area contributed by atoms with Crippen LogP contribution in [0.25, 0.3) is 0 Å². The molecule has 0 aromatic carbocycles. The van der Waals surface area contributed by atoms with Gasteiger partial charge in [0, 0.05) is 17.9 Å². The third-order valence-corrected chi connectivity index (χ3v) is 3.70. The number of hydrogen-bond acceptors (Lipinski definition) is 6. The van der Waals surface area contributed by atoms with Crippen LogP contribution >= 0.6 is 11.8 Å². The van der Waals surface area contributed by atoms with E-state index in [4.69, 9.17) is 11.5 Å². The zero-order valence-electron chi connectivity index (χ0n) is 8.44. The predicted octanol–water partition coefficient (Wildman–Crippen LogP) is 0.948. The summed E-state index contributed by atoms with van der Waals surface area (Å²) < 4.78 is 0. The van der Waals surface area contributed by atoms with E-state index in [1.807, 2.05) is 11.8 Å². The number of nitrogens with one attached hydrogen (secondary N) is 1. The van der Waals surface area contributed by atoms with Crippen molar-refractivity contribution in [3.63, 3.8) is 0 Å². The van der Waals surface area contributed by atoms with E-state index in [2.05, 4.69) is 15.3 Å². The summed E-state index contributed by atoms with van der Waals surface area (Å²) in [6, 6.07) is 1.70. The van der Waals surface area contributed by atoms with Crippen molar-refractivity contribution in [3.8, 4) is 0 Å². The summed E-state index contributed by atoms with van der Waals surface area (Å²) in [4.78, 5) is 7.87. The highest BCUT2D eigenvalue weighted by molar-refractivity contribution is 8.00. The number of aromatic nitrogens is 2. The molecule has 0 saturated carbocycles. The summed E-state index contributed by atoms with van der Waals surface area (Å²) in [5.74, 6) is 2.61. The molecule has 1 atom stereocenters. The Balaban J connectivity index is 1.92. The summed E-state index contributed by atoms with van der Waals surface area (Å²) in [5.41, 5.74) is 11.1. The van der Waals surface area contributed by atoms with Crippen LogP contribution in [-0.2, 0) is 0 Å². The second kappa shape index (κ2) is 4.57. The van der Waals surface area contributed by atoms with Crippen LogP contribution in [0.5, 0.6) is 0 Å². The van der Waals surface area contributed by atoms with Crippen molar-refractivity contribution >= 4 is 29.3 Å². The highest BCUT2D eigenvalue weighted by Gasteiger charge is 2.15. The minimum atomic E-state index is 0.219. The average molecular weight is 225 g/mol. The Morgan fingerprint density at radius 3 is 3.00 bits per heavy atom. The predicted molar refractivity (Wildman–Crippen MR) is 64.8 cm³/mol. The van der Waals surface area contributed by atoms with E-state index in [1.165, 1.54) is 18.6 Å². The Morgan fingerprint density at radius 2 is 2.33 bits per heavy atom. The van der Waals surface area contributed by atoms with Gasteiger partial charge in [0.1, 0.15) is 11.6 Å². The van der Waals surface area contributed by atoms with E-state index in [1.54, 1.807) is 6.07 Å². The van der Waals surface area contributed by atoms with E-state index in [9.17, 15) is 0 Å². The largest absolute Gasteiger partial charge is 0.383 e. The first-order chi connectivity index (χ1) is 7.24. The summed E-state index contributed by atoms with van der Waals surface area (Å²) in [5, 5.41) is 3.92. The van der Waals surface area contributed by atoms with Crippen LogP contribution in [0.15, 0.2) is 6.07 Å². The smallest absolute Gasteiger partial charge is 0.223 e. The summed E-state index contributed by atoms with van der Waals surface area (Å²) in [6.45, 7) is 0.917. The number of anilines is 3. The van der Waals surface area contributed by atoms with Crippen molar-refractivity contribution in [1.82, 2.24) is 9.97 Å². The van der Waals surface area contributed by atoms with Crippen LogP contribution in [0.2, 0.25) is 0 Å². The fraction of sp³-hybridized carbons (Fsp3) is 0.556. The third kappa shape index (κ3) is 2.89. The van der Waals surface area contributed by atoms with Gasteiger partial charge in [0.2, 0.25) is 5.95 Å². The fourth-order valence-corrected chi connectivity index (χ4v) is 2.80. The summed E-state index contributed by atoms with van der Waals surface area (Å²) in [7, 11) is 0. The molecule has 15 heavy (non-hydrogen) atoms. The Labute approximate surface area is 93.0 Å². The monoisotopic (exact) mass is 225 g/mol. The normalized spacial score (nSPS) is 20.4. The molecule has 1 unspecified atom stereocenters. The number of hydrogen-bond donors (Lipinski definition) is 3. The molecule has 0 amide bonds.